The zero-order chi connectivity index (χ0) is 16.9. The maximum atomic E-state index is 12.2. The summed E-state index contributed by atoms with van der Waals surface area (Å²) in [6, 6.07) is 8.34. The molecule has 1 saturated heterocycles. The maximum Gasteiger partial charge on any atom is 0.410 e. The summed E-state index contributed by atoms with van der Waals surface area (Å²) < 4.78 is 11.5. The van der Waals surface area contributed by atoms with Crippen LogP contribution in [-0.4, -0.2) is 35.8 Å². The Kier molecular flexibility index (Phi) is 6.48. The van der Waals surface area contributed by atoms with Crippen LogP contribution in [0.3, 0.4) is 0 Å². The fraction of sp³-hybridized carbons (Fsp3) is 0.611. The van der Waals surface area contributed by atoms with Crippen LogP contribution in [0.15, 0.2) is 24.3 Å². The van der Waals surface area contributed by atoms with Crippen LogP contribution in [0, 0.1) is 0 Å². The van der Waals surface area contributed by atoms with Crippen molar-refractivity contribution < 1.29 is 14.3 Å². The predicted octanol–water partition coefficient (Wildman–Crippen LogP) is 4.50. The Morgan fingerprint density at radius 3 is 2.78 bits per heavy atom. The number of piperidine rings is 1. The number of hydrogen-bond acceptors (Lipinski definition) is 3. The van der Waals surface area contributed by atoms with E-state index >= 15 is 0 Å². The van der Waals surface area contributed by atoms with Gasteiger partial charge in [0.1, 0.15) is 5.60 Å². The van der Waals surface area contributed by atoms with Crippen molar-refractivity contribution in [2.45, 2.75) is 57.3 Å². The molecule has 1 heterocycles. The minimum absolute atomic E-state index is 0.0731. The summed E-state index contributed by atoms with van der Waals surface area (Å²) in [7, 11) is 0. The molecule has 1 fully saturated rings. The largest absolute Gasteiger partial charge is 0.444 e. The Bertz CT molecular complexity index is 527. The number of benzene rings is 1. The normalized spacial score (nSPS) is 18.8. The maximum absolute atomic E-state index is 12.2. The van der Waals surface area contributed by atoms with Gasteiger partial charge in [-0.3, -0.25) is 0 Å². The van der Waals surface area contributed by atoms with Gasteiger partial charge in [0.05, 0.1) is 19.3 Å². The number of likely N-dealkylation sites (tertiary alicyclic amines) is 1. The Labute approximate surface area is 147 Å². The summed E-state index contributed by atoms with van der Waals surface area (Å²) in [5.41, 5.74) is 1.95. The second-order valence-corrected chi connectivity index (χ2v) is 7.52. The van der Waals surface area contributed by atoms with Crippen LogP contribution in [0.4, 0.5) is 4.79 Å². The van der Waals surface area contributed by atoms with Crippen LogP contribution in [0.5, 0.6) is 0 Å². The molecule has 0 radical (unpaired) electrons. The van der Waals surface area contributed by atoms with E-state index in [-0.39, 0.29) is 12.2 Å². The van der Waals surface area contributed by atoms with E-state index in [0.717, 1.165) is 30.3 Å². The molecule has 1 aliphatic rings. The number of amides is 1. The monoisotopic (exact) mass is 383 g/mol. The fourth-order valence-electron chi connectivity index (χ4n) is 2.58. The zero-order valence-electron chi connectivity index (χ0n) is 14.2. The molecule has 23 heavy (non-hydrogen) atoms. The van der Waals surface area contributed by atoms with Gasteiger partial charge in [0.25, 0.3) is 0 Å². The second kappa shape index (κ2) is 8.15. The second-order valence-electron chi connectivity index (χ2n) is 6.96. The average molecular weight is 384 g/mol. The average Bonchev–Trinajstić information content (AvgIpc) is 2.52. The first-order valence-corrected chi connectivity index (χ1v) is 9.23. The molecule has 4 nitrogen and oxygen atoms in total. The molecule has 1 aromatic rings. The van der Waals surface area contributed by atoms with Gasteiger partial charge in [-0.25, -0.2) is 4.79 Å². The van der Waals surface area contributed by atoms with Gasteiger partial charge >= 0.3 is 6.09 Å². The number of nitrogens with zero attached hydrogens (tertiary/aromatic N) is 1. The highest BCUT2D eigenvalue weighted by atomic mass is 79.9. The standard InChI is InChI=1S/C18H26BrNO3/c1-18(2,3)23-17(21)20-9-5-8-16(12-20)22-13-15-7-4-6-14(10-15)11-19/h4,6-7,10,16H,5,8-9,11-13H2,1-3H3. The van der Waals surface area contributed by atoms with Crippen molar-refractivity contribution in [2.75, 3.05) is 13.1 Å². The molecular formula is C18H26BrNO3. The quantitative estimate of drug-likeness (QED) is 0.718. The Hall–Kier alpha value is -1.07. The van der Waals surface area contributed by atoms with Crippen molar-refractivity contribution in [2.24, 2.45) is 0 Å². The van der Waals surface area contributed by atoms with Crippen molar-refractivity contribution >= 4 is 22.0 Å². The summed E-state index contributed by atoms with van der Waals surface area (Å²) in [6.07, 6.45) is 1.76. The molecule has 0 aliphatic carbocycles. The molecule has 1 amide bonds. The lowest BCUT2D eigenvalue weighted by Gasteiger charge is -2.34. The predicted molar refractivity (Wildman–Crippen MR) is 94.7 cm³/mol. The molecule has 128 valence electrons. The highest BCUT2D eigenvalue weighted by molar-refractivity contribution is 9.08. The van der Waals surface area contributed by atoms with Crippen molar-refractivity contribution in [3.63, 3.8) is 0 Å². The van der Waals surface area contributed by atoms with Gasteiger partial charge in [0, 0.05) is 11.9 Å². The van der Waals surface area contributed by atoms with Gasteiger partial charge in [-0.1, -0.05) is 40.2 Å². The summed E-state index contributed by atoms with van der Waals surface area (Å²) in [5, 5.41) is 0.844. The molecule has 2 rings (SSSR count). The third-order valence-corrected chi connectivity index (χ3v) is 4.31. The smallest absolute Gasteiger partial charge is 0.410 e. The topological polar surface area (TPSA) is 38.8 Å². The first-order valence-electron chi connectivity index (χ1n) is 8.11. The highest BCUT2D eigenvalue weighted by Gasteiger charge is 2.27. The number of ether oxygens (including phenoxy) is 2. The van der Waals surface area contributed by atoms with E-state index in [1.54, 1.807) is 4.90 Å². The molecule has 1 atom stereocenters. The van der Waals surface area contributed by atoms with E-state index in [4.69, 9.17) is 9.47 Å². The number of carbonyl (C=O) groups is 1. The van der Waals surface area contributed by atoms with E-state index in [1.807, 2.05) is 26.8 Å². The third kappa shape index (κ3) is 6.15. The van der Waals surface area contributed by atoms with Gasteiger partial charge in [-0.2, -0.15) is 0 Å². The lowest BCUT2D eigenvalue weighted by atomic mass is 10.1. The van der Waals surface area contributed by atoms with Crippen molar-refractivity contribution in [1.82, 2.24) is 4.90 Å². The van der Waals surface area contributed by atoms with Crippen LogP contribution in [0.25, 0.3) is 0 Å². The lowest BCUT2D eigenvalue weighted by Crippen LogP contribution is -2.45. The van der Waals surface area contributed by atoms with Gasteiger partial charge in [-0.15, -0.1) is 0 Å². The van der Waals surface area contributed by atoms with Crippen molar-refractivity contribution in [3.05, 3.63) is 35.4 Å². The zero-order valence-corrected chi connectivity index (χ0v) is 15.8. The van der Waals surface area contributed by atoms with E-state index in [1.165, 1.54) is 5.56 Å². The molecule has 0 aromatic heterocycles. The Balaban J connectivity index is 1.85. The lowest BCUT2D eigenvalue weighted by molar-refractivity contribution is -0.0258. The van der Waals surface area contributed by atoms with Crippen molar-refractivity contribution in [3.8, 4) is 0 Å². The van der Waals surface area contributed by atoms with Gasteiger partial charge < -0.3 is 14.4 Å². The summed E-state index contributed by atoms with van der Waals surface area (Å²) in [4.78, 5) is 13.9. The van der Waals surface area contributed by atoms with Crippen LogP contribution >= 0.6 is 15.9 Å². The van der Waals surface area contributed by atoms with Gasteiger partial charge in [0.15, 0.2) is 0 Å². The molecule has 1 aromatic carbocycles. The minimum Gasteiger partial charge on any atom is -0.444 e. The molecule has 0 saturated carbocycles. The number of hydrogen-bond donors (Lipinski definition) is 0. The Morgan fingerprint density at radius 2 is 2.09 bits per heavy atom. The van der Waals surface area contributed by atoms with E-state index in [9.17, 15) is 4.79 Å². The van der Waals surface area contributed by atoms with E-state index in [0.29, 0.717) is 13.2 Å². The Morgan fingerprint density at radius 1 is 1.35 bits per heavy atom. The number of halogens is 1. The van der Waals surface area contributed by atoms with Gasteiger partial charge in [0.2, 0.25) is 0 Å². The highest BCUT2D eigenvalue weighted by Crippen LogP contribution is 2.19. The summed E-state index contributed by atoms with van der Waals surface area (Å²) in [5.74, 6) is 0. The van der Waals surface area contributed by atoms with Crippen molar-refractivity contribution in [1.29, 1.82) is 0 Å². The van der Waals surface area contributed by atoms with Crippen LogP contribution in [0.2, 0.25) is 0 Å². The van der Waals surface area contributed by atoms with Crippen LogP contribution in [-0.2, 0) is 21.4 Å². The molecule has 0 N–H and O–H groups in total. The number of carbonyl (C=O) groups excluding carboxylic acids is 1. The number of rotatable bonds is 4. The SMILES string of the molecule is CC(C)(C)OC(=O)N1CCCC(OCc2cccc(CBr)c2)C1. The summed E-state index contributed by atoms with van der Waals surface area (Å²) in [6.45, 7) is 7.59. The third-order valence-electron chi connectivity index (χ3n) is 3.66. The van der Waals surface area contributed by atoms with E-state index in [2.05, 4.69) is 34.1 Å². The first-order chi connectivity index (χ1) is 10.9. The van der Waals surface area contributed by atoms with E-state index < -0.39 is 5.60 Å². The first kappa shape index (κ1) is 18.3. The molecule has 0 spiro atoms. The summed E-state index contributed by atoms with van der Waals surface area (Å²) >= 11 is 3.47. The fourth-order valence-corrected chi connectivity index (χ4v) is 2.93. The molecule has 5 heteroatoms. The molecule has 1 unspecified atom stereocenters. The molecular weight excluding hydrogens is 358 g/mol. The number of alkyl halides is 1. The van der Waals surface area contributed by atoms with Crippen LogP contribution < -0.4 is 0 Å². The molecule has 0 bridgehead atoms. The minimum atomic E-state index is -0.457. The van der Waals surface area contributed by atoms with Crippen LogP contribution in [0.1, 0.15) is 44.7 Å². The molecule has 1 aliphatic heterocycles. The van der Waals surface area contributed by atoms with Gasteiger partial charge in [-0.05, 0) is 44.7 Å².